The van der Waals surface area contributed by atoms with E-state index in [2.05, 4.69) is 96.5 Å². The maximum absolute atomic E-state index is 9.57. The number of rotatable bonds is 10. The Morgan fingerprint density at radius 2 is 2.03 bits per heavy atom. The summed E-state index contributed by atoms with van der Waals surface area (Å²) in [5, 5.41) is 2.57. The van der Waals surface area contributed by atoms with Gasteiger partial charge in [0, 0.05) is 51.0 Å². The van der Waals surface area contributed by atoms with Crippen LogP contribution in [0.2, 0.25) is 0 Å². The summed E-state index contributed by atoms with van der Waals surface area (Å²) in [5.74, 6) is 1.70. The first-order valence-electron chi connectivity index (χ1n) is 13.9. The lowest BCUT2D eigenvalue weighted by atomic mass is 9.93. The first kappa shape index (κ1) is 27.0. The number of benzene rings is 2. The predicted octanol–water partition coefficient (Wildman–Crippen LogP) is 5.79. The number of hydrogen-bond acceptors (Lipinski definition) is 3. The number of unbranched alkanes of at least 4 members (excludes halogenated alkanes) is 1. The molecule has 0 saturated carbocycles. The van der Waals surface area contributed by atoms with E-state index < -0.39 is 0 Å². The Morgan fingerprint density at radius 3 is 2.78 bits per heavy atom. The second kappa shape index (κ2) is 13.5. The minimum Gasteiger partial charge on any atom is -0.493 e. The molecule has 1 saturated heterocycles. The third kappa shape index (κ3) is 7.48. The Balaban J connectivity index is 0.000000405. The normalized spacial score (nSPS) is 18.6. The van der Waals surface area contributed by atoms with Gasteiger partial charge < -0.3 is 14.6 Å². The molecule has 2 aromatic carbocycles. The average molecular weight is 502 g/mol. The van der Waals surface area contributed by atoms with Crippen molar-refractivity contribution in [2.75, 3.05) is 19.7 Å². The number of carbonyl (C=O) groups excluding carboxylic acids is 1. The van der Waals surface area contributed by atoms with E-state index in [-0.39, 0.29) is 0 Å². The van der Waals surface area contributed by atoms with E-state index in [4.69, 9.17) is 4.74 Å². The van der Waals surface area contributed by atoms with Gasteiger partial charge in [-0.1, -0.05) is 55.3 Å². The van der Waals surface area contributed by atoms with Crippen LogP contribution in [0, 0.1) is 6.92 Å². The van der Waals surface area contributed by atoms with Crippen molar-refractivity contribution >= 4 is 6.41 Å². The Morgan fingerprint density at radius 1 is 1.14 bits per heavy atom. The summed E-state index contributed by atoms with van der Waals surface area (Å²) < 4.78 is 7.99. The van der Waals surface area contributed by atoms with Crippen LogP contribution in [0.15, 0.2) is 60.8 Å². The molecular formula is C32H43N3O2. The summed E-state index contributed by atoms with van der Waals surface area (Å²) in [6, 6.07) is 21.0. The zero-order chi connectivity index (χ0) is 26.0. The summed E-state index contributed by atoms with van der Waals surface area (Å²) in [5.41, 5.74) is 7.10. The number of amides is 1. The molecule has 2 aliphatic rings. The summed E-state index contributed by atoms with van der Waals surface area (Å²) in [6.07, 6.45) is 9.77. The molecule has 3 heterocycles. The number of nitrogens with zero attached hydrogens (tertiary/aromatic N) is 2. The van der Waals surface area contributed by atoms with Gasteiger partial charge >= 0.3 is 0 Å². The third-order valence-electron chi connectivity index (χ3n) is 7.72. The van der Waals surface area contributed by atoms with E-state index in [0.717, 1.165) is 64.1 Å². The van der Waals surface area contributed by atoms with Crippen molar-refractivity contribution in [2.24, 2.45) is 7.05 Å². The van der Waals surface area contributed by atoms with Crippen molar-refractivity contribution in [3.8, 4) is 5.75 Å². The van der Waals surface area contributed by atoms with E-state index in [1.165, 1.54) is 40.8 Å². The fourth-order valence-electron chi connectivity index (χ4n) is 5.63. The number of nitrogens with one attached hydrogen (secondary N) is 1. The molecule has 5 nitrogen and oxygen atoms in total. The summed E-state index contributed by atoms with van der Waals surface area (Å²) in [7, 11) is 2.16. The van der Waals surface area contributed by atoms with Gasteiger partial charge in [0.2, 0.25) is 6.41 Å². The van der Waals surface area contributed by atoms with Gasteiger partial charge in [-0.05, 0) is 73.4 Å². The number of hydrogen-bond donors (Lipinski definition) is 1. The van der Waals surface area contributed by atoms with Crippen LogP contribution in [-0.4, -0.2) is 41.6 Å². The molecule has 1 aromatic heterocycles. The second-order valence-electron chi connectivity index (χ2n) is 10.5. The monoisotopic (exact) mass is 501 g/mol. The molecule has 2 unspecified atom stereocenters. The van der Waals surface area contributed by atoms with E-state index in [1.54, 1.807) is 0 Å². The number of ether oxygens (including phenoxy) is 1. The molecule has 1 N–H and O–H groups in total. The van der Waals surface area contributed by atoms with Gasteiger partial charge in [-0.15, -0.1) is 0 Å². The minimum absolute atomic E-state index is 0.610. The molecule has 0 spiro atoms. The molecule has 37 heavy (non-hydrogen) atoms. The van der Waals surface area contributed by atoms with Crippen LogP contribution >= 0.6 is 0 Å². The molecule has 0 bridgehead atoms. The largest absolute Gasteiger partial charge is 0.493 e. The predicted molar refractivity (Wildman–Crippen MR) is 151 cm³/mol. The highest BCUT2D eigenvalue weighted by Gasteiger charge is 2.33. The summed E-state index contributed by atoms with van der Waals surface area (Å²) in [6.45, 7) is 8.12. The standard InChI is InChI=1S/C27H32N2O.C5H11NO/c1-20-5-3-6-21(15-20)18-29-19-24(22-8-11-27-23(16-22)12-14-30-27)17-26(29)10-9-25-7-4-13-28(25)2;1-2-3-4-6-5-7/h3-8,11,13,15-16,24,26H,9-10,12,14,17-19H2,1-2H3;5H,2-4H2,1H3,(H,6,7). The lowest BCUT2D eigenvalue weighted by Gasteiger charge is -2.24. The summed E-state index contributed by atoms with van der Waals surface area (Å²) in [4.78, 5) is 12.3. The second-order valence-corrected chi connectivity index (χ2v) is 10.5. The molecule has 2 atom stereocenters. The Hall–Kier alpha value is -3.05. The van der Waals surface area contributed by atoms with Crippen molar-refractivity contribution in [2.45, 2.75) is 70.9 Å². The number of carbonyl (C=O) groups is 1. The number of fused-ring (bicyclic) bond motifs is 1. The Bertz CT molecular complexity index is 1140. The Labute approximate surface area is 222 Å². The van der Waals surface area contributed by atoms with Crippen molar-refractivity contribution in [1.82, 2.24) is 14.8 Å². The molecule has 1 amide bonds. The van der Waals surface area contributed by atoms with Gasteiger partial charge in [0.15, 0.2) is 0 Å². The van der Waals surface area contributed by atoms with E-state index in [0.29, 0.717) is 12.0 Å². The van der Waals surface area contributed by atoms with Crippen LogP contribution in [0.5, 0.6) is 5.75 Å². The molecule has 0 radical (unpaired) electrons. The topological polar surface area (TPSA) is 46.5 Å². The lowest BCUT2D eigenvalue weighted by molar-refractivity contribution is -0.109. The van der Waals surface area contributed by atoms with E-state index in [9.17, 15) is 4.79 Å². The van der Waals surface area contributed by atoms with Gasteiger partial charge in [0.1, 0.15) is 5.75 Å². The lowest BCUT2D eigenvalue weighted by Crippen LogP contribution is -2.29. The number of likely N-dealkylation sites (tertiary alicyclic amines) is 1. The zero-order valence-corrected chi connectivity index (χ0v) is 22.8. The summed E-state index contributed by atoms with van der Waals surface area (Å²) >= 11 is 0. The average Bonchev–Trinajstić information content (AvgIpc) is 3.63. The maximum Gasteiger partial charge on any atom is 0.207 e. The van der Waals surface area contributed by atoms with Gasteiger partial charge in [-0.25, -0.2) is 0 Å². The first-order chi connectivity index (χ1) is 18.1. The van der Waals surface area contributed by atoms with Crippen molar-refractivity contribution < 1.29 is 9.53 Å². The van der Waals surface area contributed by atoms with Crippen LogP contribution in [-0.2, 0) is 31.2 Å². The molecule has 2 aliphatic heterocycles. The fraction of sp³-hybridized carbons (Fsp3) is 0.469. The van der Waals surface area contributed by atoms with E-state index >= 15 is 0 Å². The fourth-order valence-corrected chi connectivity index (χ4v) is 5.63. The molecular weight excluding hydrogens is 458 g/mol. The highest BCUT2D eigenvalue weighted by Crippen LogP contribution is 2.37. The molecule has 5 rings (SSSR count). The molecule has 5 heteroatoms. The van der Waals surface area contributed by atoms with Gasteiger partial charge in [-0.3, -0.25) is 9.69 Å². The third-order valence-corrected chi connectivity index (χ3v) is 7.72. The highest BCUT2D eigenvalue weighted by molar-refractivity contribution is 5.45. The quantitative estimate of drug-likeness (QED) is 0.282. The SMILES string of the molecule is CCCCNC=O.Cc1cccc(CN2CC(c3ccc4c(c3)CCO4)CC2CCc2cccn2C)c1. The van der Waals surface area contributed by atoms with Crippen LogP contribution in [0.3, 0.4) is 0 Å². The smallest absolute Gasteiger partial charge is 0.207 e. The molecule has 3 aromatic rings. The Kier molecular flexibility index (Phi) is 9.84. The van der Waals surface area contributed by atoms with Crippen LogP contribution in [0.1, 0.15) is 66.5 Å². The molecule has 198 valence electrons. The van der Waals surface area contributed by atoms with E-state index in [1.807, 2.05) is 0 Å². The van der Waals surface area contributed by atoms with Crippen LogP contribution in [0.4, 0.5) is 0 Å². The molecule has 0 aliphatic carbocycles. The number of aromatic nitrogens is 1. The highest BCUT2D eigenvalue weighted by atomic mass is 16.5. The maximum atomic E-state index is 9.57. The first-order valence-corrected chi connectivity index (χ1v) is 13.9. The minimum atomic E-state index is 0.610. The van der Waals surface area contributed by atoms with Gasteiger partial charge in [0.05, 0.1) is 6.61 Å². The zero-order valence-electron chi connectivity index (χ0n) is 22.8. The van der Waals surface area contributed by atoms with Gasteiger partial charge in [0.25, 0.3) is 0 Å². The van der Waals surface area contributed by atoms with Crippen molar-refractivity contribution in [3.05, 3.63) is 88.7 Å². The number of aryl methyl sites for hydroxylation is 3. The molecule has 1 fully saturated rings. The van der Waals surface area contributed by atoms with Crippen molar-refractivity contribution in [1.29, 1.82) is 0 Å². The van der Waals surface area contributed by atoms with Crippen LogP contribution < -0.4 is 10.1 Å². The van der Waals surface area contributed by atoms with Gasteiger partial charge in [-0.2, -0.15) is 0 Å². The van der Waals surface area contributed by atoms with Crippen LogP contribution in [0.25, 0.3) is 0 Å². The van der Waals surface area contributed by atoms with Crippen molar-refractivity contribution in [3.63, 3.8) is 0 Å².